The summed E-state index contributed by atoms with van der Waals surface area (Å²) in [4.78, 5) is 4.34. The minimum Gasteiger partial charge on any atom is -0.497 e. The third kappa shape index (κ3) is 2.61. The third-order valence-electron chi connectivity index (χ3n) is 2.47. The fourth-order valence-corrected chi connectivity index (χ4v) is 1.57. The first-order chi connectivity index (χ1) is 8.33. The quantitative estimate of drug-likeness (QED) is 0.805. The monoisotopic (exact) mass is 224 g/mol. The van der Waals surface area contributed by atoms with Crippen molar-refractivity contribution >= 4 is 0 Å². The SMILES string of the molecule is COc1cccc(-c2ccc(CC#N)cn2)c1. The van der Waals surface area contributed by atoms with Crippen LogP contribution in [0.5, 0.6) is 5.75 Å². The highest BCUT2D eigenvalue weighted by atomic mass is 16.5. The van der Waals surface area contributed by atoms with E-state index in [0.717, 1.165) is 22.6 Å². The second kappa shape index (κ2) is 5.13. The molecular formula is C14H12N2O. The molecule has 0 aliphatic heterocycles. The number of aromatic nitrogens is 1. The number of pyridine rings is 1. The van der Waals surface area contributed by atoms with E-state index in [2.05, 4.69) is 11.1 Å². The molecule has 1 aromatic carbocycles. The molecule has 3 heteroatoms. The number of methoxy groups -OCH3 is 1. The Labute approximate surface area is 100 Å². The summed E-state index contributed by atoms with van der Waals surface area (Å²) in [6.07, 6.45) is 2.13. The van der Waals surface area contributed by atoms with Crippen LogP contribution in [0.4, 0.5) is 0 Å². The zero-order valence-electron chi connectivity index (χ0n) is 9.55. The molecule has 1 aromatic heterocycles. The molecular weight excluding hydrogens is 212 g/mol. The molecule has 0 fully saturated rings. The summed E-state index contributed by atoms with van der Waals surface area (Å²) in [5.74, 6) is 0.811. The van der Waals surface area contributed by atoms with Gasteiger partial charge in [-0.2, -0.15) is 5.26 Å². The molecule has 0 atom stereocenters. The van der Waals surface area contributed by atoms with Gasteiger partial charge in [0, 0.05) is 11.8 Å². The lowest BCUT2D eigenvalue weighted by Crippen LogP contribution is -1.88. The number of nitrogens with zero attached hydrogens (tertiary/aromatic N) is 2. The Morgan fingerprint density at radius 2 is 2.18 bits per heavy atom. The molecule has 0 amide bonds. The van der Waals surface area contributed by atoms with Gasteiger partial charge in [0.15, 0.2) is 0 Å². The summed E-state index contributed by atoms with van der Waals surface area (Å²) in [5.41, 5.74) is 2.82. The lowest BCUT2D eigenvalue weighted by molar-refractivity contribution is 0.415. The predicted octanol–water partition coefficient (Wildman–Crippen LogP) is 2.82. The van der Waals surface area contributed by atoms with Crippen molar-refractivity contribution in [2.45, 2.75) is 6.42 Å². The Balaban J connectivity index is 2.30. The molecule has 0 N–H and O–H groups in total. The second-order valence-corrected chi connectivity index (χ2v) is 3.62. The average molecular weight is 224 g/mol. The largest absolute Gasteiger partial charge is 0.497 e. The first-order valence-corrected chi connectivity index (χ1v) is 5.30. The molecule has 0 saturated heterocycles. The fraction of sp³-hybridized carbons (Fsp3) is 0.143. The van der Waals surface area contributed by atoms with Crippen LogP contribution in [-0.4, -0.2) is 12.1 Å². The zero-order valence-corrected chi connectivity index (χ0v) is 9.55. The standard InChI is InChI=1S/C14H12N2O/c1-17-13-4-2-3-12(9-13)14-6-5-11(7-8-15)10-16-14/h2-6,9-10H,7H2,1H3. The summed E-state index contributed by atoms with van der Waals surface area (Å²) in [5, 5.41) is 8.58. The first-order valence-electron chi connectivity index (χ1n) is 5.30. The number of nitriles is 1. The van der Waals surface area contributed by atoms with E-state index in [0.29, 0.717) is 6.42 Å². The van der Waals surface area contributed by atoms with Gasteiger partial charge in [-0.25, -0.2) is 0 Å². The lowest BCUT2D eigenvalue weighted by atomic mass is 10.1. The fourth-order valence-electron chi connectivity index (χ4n) is 1.57. The molecule has 1 heterocycles. The van der Waals surface area contributed by atoms with E-state index in [1.807, 2.05) is 36.4 Å². The first kappa shape index (κ1) is 11.2. The third-order valence-corrected chi connectivity index (χ3v) is 2.47. The maximum atomic E-state index is 8.58. The highest BCUT2D eigenvalue weighted by Crippen LogP contribution is 2.22. The summed E-state index contributed by atoms with van der Waals surface area (Å²) in [6, 6.07) is 13.7. The second-order valence-electron chi connectivity index (χ2n) is 3.62. The van der Waals surface area contributed by atoms with Gasteiger partial charge in [0.1, 0.15) is 5.75 Å². The predicted molar refractivity (Wildman–Crippen MR) is 65.5 cm³/mol. The maximum Gasteiger partial charge on any atom is 0.119 e. The minimum atomic E-state index is 0.394. The van der Waals surface area contributed by atoms with Crippen LogP contribution in [-0.2, 0) is 6.42 Å². The van der Waals surface area contributed by atoms with Crippen molar-refractivity contribution in [2.24, 2.45) is 0 Å². The molecule has 17 heavy (non-hydrogen) atoms. The Morgan fingerprint density at radius 1 is 1.29 bits per heavy atom. The molecule has 3 nitrogen and oxygen atoms in total. The van der Waals surface area contributed by atoms with Gasteiger partial charge in [-0.3, -0.25) is 4.98 Å². The molecule has 2 aromatic rings. The molecule has 0 saturated carbocycles. The lowest BCUT2D eigenvalue weighted by Gasteiger charge is -2.04. The molecule has 84 valence electrons. The van der Waals surface area contributed by atoms with Gasteiger partial charge in [-0.05, 0) is 23.8 Å². The van der Waals surface area contributed by atoms with Crippen molar-refractivity contribution in [3.05, 3.63) is 48.2 Å². The van der Waals surface area contributed by atoms with Crippen molar-refractivity contribution in [1.82, 2.24) is 4.98 Å². The molecule has 0 unspecified atom stereocenters. The van der Waals surface area contributed by atoms with E-state index in [9.17, 15) is 0 Å². The average Bonchev–Trinajstić information content (AvgIpc) is 2.40. The van der Waals surface area contributed by atoms with Crippen molar-refractivity contribution in [3.8, 4) is 23.1 Å². The van der Waals surface area contributed by atoms with Crippen LogP contribution in [0.2, 0.25) is 0 Å². The van der Waals surface area contributed by atoms with Crippen LogP contribution in [0.15, 0.2) is 42.6 Å². The number of benzene rings is 1. The highest BCUT2D eigenvalue weighted by molar-refractivity contribution is 5.61. The van der Waals surface area contributed by atoms with Crippen molar-refractivity contribution in [1.29, 1.82) is 5.26 Å². The topological polar surface area (TPSA) is 45.9 Å². The van der Waals surface area contributed by atoms with Crippen LogP contribution in [0.3, 0.4) is 0 Å². The minimum absolute atomic E-state index is 0.394. The molecule has 0 aliphatic rings. The number of hydrogen-bond donors (Lipinski definition) is 0. The van der Waals surface area contributed by atoms with Gasteiger partial charge in [-0.15, -0.1) is 0 Å². The van der Waals surface area contributed by atoms with E-state index in [4.69, 9.17) is 10.00 Å². The number of rotatable bonds is 3. The van der Waals surface area contributed by atoms with Gasteiger partial charge in [0.25, 0.3) is 0 Å². The van der Waals surface area contributed by atoms with Gasteiger partial charge >= 0.3 is 0 Å². The normalized spacial score (nSPS) is 9.65. The van der Waals surface area contributed by atoms with Crippen LogP contribution in [0, 0.1) is 11.3 Å². The van der Waals surface area contributed by atoms with Crippen LogP contribution < -0.4 is 4.74 Å². The summed E-state index contributed by atoms with van der Waals surface area (Å²) in [6.45, 7) is 0. The molecule has 0 radical (unpaired) electrons. The van der Waals surface area contributed by atoms with E-state index in [1.165, 1.54) is 0 Å². The highest BCUT2D eigenvalue weighted by Gasteiger charge is 2.01. The Bertz CT molecular complexity index is 541. The van der Waals surface area contributed by atoms with Crippen LogP contribution >= 0.6 is 0 Å². The van der Waals surface area contributed by atoms with Gasteiger partial charge in [0.05, 0.1) is 25.3 Å². The van der Waals surface area contributed by atoms with Crippen LogP contribution in [0.25, 0.3) is 11.3 Å². The summed E-state index contributed by atoms with van der Waals surface area (Å²) in [7, 11) is 1.64. The molecule has 0 bridgehead atoms. The van der Waals surface area contributed by atoms with E-state index in [1.54, 1.807) is 13.3 Å². The van der Waals surface area contributed by atoms with Gasteiger partial charge in [0.2, 0.25) is 0 Å². The molecule has 2 rings (SSSR count). The number of hydrogen-bond acceptors (Lipinski definition) is 3. The zero-order chi connectivity index (χ0) is 12.1. The Kier molecular flexibility index (Phi) is 3.37. The van der Waals surface area contributed by atoms with Crippen molar-refractivity contribution in [3.63, 3.8) is 0 Å². The van der Waals surface area contributed by atoms with E-state index < -0.39 is 0 Å². The Hall–Kier alpha value is -2.34. The molecule has 0 spiro atoms. The Morgan fingerprint density at radius 3 is 2.82 bits per heavy atom. The number of ether oxygens (including phenoxy) is 1. The van der Waals surface area contributed by atoms with Gasteiger partial charge < -0.3 is 4.74 Å². The van der Waals surface area contributed by atoms with E-state index >= 15 is 0 Å². The smallest absolute Gasteiger partial charge is 0.119 e. The maximum absolute atomic E-state index is 8.58. The summed E-state index contributed by atoms with van der Waals surface area (Å²) >= 11 is 0. The van der Waals surface area contributed by atoms with E-state index in [-0.39, 0.29) is 0 Å². The van der Waals surface area contributed by atoms with Crippen molar-refractivity contribution in [2.75, 3.05) is 7.11 Å². The van der Waals surface area contributed by atoms with Crippen LogP contribution in [0.1, 0.15) is 5.56 Å². The van der Waals surface area contributed by atoms with Gasteiger partial charge in [-0.1, -0.05) is 18.2 Å². The summed E-state index contributed by atoms with van der Waals surface area (Å²) < 4.78 is 5.17. The molecule has 0 aliphatic carbocycles. The van der Waals surface area contributed by atoms with Crippen molar-refractivity contribution < 1.29 is 4.74 Å².